The summed E-state index contributed by atoms with van der Waals surface area (Å²) in [4.78, 5) is 23.4. The van der Waals surface area contributed by atoms with Gasteiger partial charge in [-0.3, -0.25) is 0 Å². The zero-order chi connectivity index (χ0) is 24.9. The molecule has 2 atom stereocenters. The molecule has 2 aromatic rings. The number of carbonyl (C=O) groups is 1. The molecule has 7 nitrogen and oxygen atoms in total. The Morgan fingerprint density at radius 3 is 2.36 bits per heavy atom. The minimum Gasteiger partial charge on any atom is -0.347 e. The van der Waals surface area contributed by atoms with Crippen molar-refractivity contribution in [2.75, 3.05) is 31.6 Å². The summed E-state index contributed by atoms with van der Waals surface area (Å²) < 4.78 is 12.5. The van der Waals surface area contributed by atoms with E-state index in [1.165, 1.54) is 51.1 Å². The van der Waals surface area contributed by atoms with Crippen LogP contribution in [-0.2, 0) is 9.47 Å². The lowest BCUT2D eigenvalue weighted by atomic mass is 9.86. The van der Waals surface area contributed by atoms with E-state index in [9.17, 15) is 4.79 Å². The number of urea groups is 1. The number of likely N-dealkylation sites (tertiary alicyclic amines) is 1. The summed E-state index contributed by atoms with van der Waals surface area (Å²) in [7, 11) is 0. The van der Waals surface area contributed by atoms with E-state index in [0.29, 0.717) is 41.6 Å². The van der Waals surface area contributed by atoms with Crippen molar-refractivity contribution in [3.8, 4) is 0 Å². The largest absolute Gasteiger partial charge is 0.347 e. The number of hydrogen-bond donors (Lipinski definition) is 1. The number of piperidine rings is 1. The number of fused-ring (bicyclic) bond motifs is 1. The molecule has 2 aromatic heterocycles. The summed E-state index contributed by atoms with van der Waals surface area (Å²) in [5.41, 5.74) is 1.37. The third kappa shape index (κ3) is 6.51. The standard InChI is InChI=1S/C26H34Cl2N4O3S/c27-20-13-29-23(28)12-21(20)31-26(33)32-10-8-17(9-11-32)24-30-22(16-36-24)25-34-14-18-6-4-2-1-3-5-7-19(18)15-35-25/h12-13,16-19,25H,1-11,14-15H2,(H,29,31,33). The number of thiazole rings is 1. The van der Waals surface area contributed by atoms with Gasteiger partial charge in [0.15, 0.2) is 0 Å². The number of rotatable bonds is 3. The van der Waals surface area contributed by atoms with Crippen LogP contribution in [0.1, 0.15) is 80.7 Å². The van der Waals surface area contributed by atoms with E-state index < -0.39 is 0 Å². The number of halogens is 2. The molecule has 2 unspecified atom stereocenters. The highest BCUT2D eigenvalue weighted by Gasteiger charge is 2.31. The summed E-state index contributed by atoms with van der Waals surface area (Å²) in [6, 6.07) is 1.38. The monoisotopic (exact) mass is 552 g/mol. The fourth-order valence-corrected chi connectivity index (χ4v) is 6.82. The minimum atomic E-state index is -0.367. The van der Waals surface area contributed by atoms with Crippen LogP contribution in [0.5, 0.6) is 0 Å². The van der Waals surface area contributed by atoms with Gasteiger partial charge in [-0.2, -0.15) is 0 Å². The number of amides is 2. The zero-order valence-electron chi connectivity index (χ0n) is 20.5. The molecule has 1 N–H and O–H groups in total. The first-order valence-electron chi connectivity index (χ1n) is 13.1. The molecule has 1 aliphatic carbocycles. The molecule has 2 amide bonds. The van der Waals surface area contributed by atoms with Crippen molar-refractivity contribution in [1.82, 2.24) is 14.9 Å². The maximum absolute atomic E-state index is 12.7. The van der Waals surface area contributed by atoms with E-state index in [0.717, 1.165) is 36.8 Å². The molecule has 0 spiro atoms. The van der Waals surface area contributed by atoms with Gasteiger partial charge in [0.2, 0.25) is 6.29 Å². The van der Waals surface area contributed by atoms with Gasteiger partial charge in [-0.25, -0.2) is 14.8 Å². The predicted molar refractivity (Wildman–Crippen MR) is 143 cm³/mol. The average Bonchev–Trinajstić information content (AvgIpc) is 3.33. The molecule has 196 valence electrons. The van der Waals surface area contributed by atoms with Crippen LogP contribution in [0.4, 0.5) is 10.5 Å². The zero-order valence-corrected chi connectivity index (χ0v) is 22.8. The lowest BCUT2D eigenvalue weighted by Gasteiger charge is -2.31. The molecular weight excluding hydrogens is 519 g/mol. The number of pyridine rings is 1. The highest BCUT2D eigenvalue weighted by molar-refractivity contribution is 7.09. The molecule has 4 heterocycles. The van der Waals surface area contributed by atoms with E-state index in [2.05, 4.69) is 15.7 Å². The molecule has 3 aliphatic rings. The smallest absolute Gasteiger partial charge is 0.321 e. The van der Waals surface area contributed by atoms with Crippen LogP contribution < -0.4 is 5.32 Å². The average molecular weight is 554 g/mol. The van der Waals surface area contributed by atoms with E-state index in [-0.39, 0.29) is 17.5 Å². The van der Waals surface area contributed by atoms with Crippen molar-refractivity contribution >= 4 is 46.3 Å². The molecule has 5 rings (SSSR count). The third-order valence-electron chi connectivity index (χ3n) is 7.72. The summed E-state index contributed by atoms with van der Waals surface area (Å²) in [6.07, 6.45) is 11.9. The van der Waals surface area contributed by atoms with Gasteiger partial charge in [0.05, 0.1) is 28.9 Å². The SMILES string of the molecule is O=C(Nc1cc(Cl)ncc1Cl)N1CCC(c2nc(C3OCC4CCCCCCCC4CO3)cs2)CC1. The number of nitrogens with zero attached hydrogens (tertiary/aromatic N) is 3. The first kappa shape index (κ1) is 26.2. The molecule has 2 aliphatic heterocycles. The first-order chi connectivity index (χ1) is 17.6. The van der Waals surface area contributed by atoms with Crippen LogP contribution in [0.3, 0.4) is 0 Å². The number of carbonyl (C=O) groups excluding carboxylic acids is 1. The van der Waals surface area contributed by atoms with Crippen molar-refractivity contribution in [3.63, 3.8) is 0 Å². The Kier molecular flexibility index (Phi) is 9.01. The molecule has 2 saturated heterocycles. The Morgan fingerprint density at radius 2 is 1.67 bits per heavy atom. The second kappa shape index (κ2) is 12.4. The van der Waals surface area contributed by atoms with E-state index in [1.807, 2.05) is 4.90 Å². The molecule has 0 radical (unpaired) electrons. The van der Waals surface area contributed by atoms with Gasteiger partial charge >= 0.3 is 6.03 Å². The summed E-state index contributed by atoms with van der Waals surface area (Å²) in [6.45, 7) is 2.84. The molecule has 0 bridgehead atoms. The molecular formula is C26H34Cl2N4O3S. The number of anilines is 1. The molecule has 0 aromatic carbocycles. The van der Waals surface area contributed by atoms with Crippen LogP contribution in [0, 0.1) is 11.8 Å². The van der Waals surface area contributed by atoms with Crippen molar-refractivity contribution in [2.24, 2.45) is 11.8 Å². The van der Waals surface area contributed by atoms with Crippen molar-refractivity contribution in [3.05, 3.63) is 38.5 Å². The highest BCUT2D eigenvalue weighted by Crippen LogP contribution is 2.37. The van der Waals surface area contributed by atoms with Crippen LogP contribution in [-0.4, -0.2) is 47.2 Å². The maximum atomic E-state index is 12.7. The van der Waals surface area contributed by atoms with Crippen LogP contribution in [0.15, 0.2) is 17.6 Å². The van der Waals surface area contributed by atoms with E-state index in [4.69, 9.17) is 37.7 Å². The second-order valence-corrected chi connectivity index (χ2v) is 11.8. The fraction of sp³-hybridized carbons (Fsp3) is 0.654. The van der Waals surface area contributed by atoms with Gasteiger partial charge in [-0.15, -0.1) is 11.3 Å². The summed E-state index contributed by atoms with van der Waals surface area (Å²) in [5.74, 6) is 1.52. The maximum Gasteiger partial charge on any atom is 0.321 e. The van der Waals surface area contributed by atoms with Crippen molar-refractivity contribution in [2.45, 2.75) is 70.0 Å². The summed E-state index contributed by atoms with van der Waals surface area (Å²) >= 11 is 13.7. The number of nitrogens with one attached hydrogen (secondary N) is 1. The third-order valence-corrected chi connectivity index (χ3v) is 9.25. The van der Waals surface area contributed by atoms with E-state index >= 15 is 0 Å². The Labute approximate surface area is 226 Å². The first-order valence-corrected chi connectivity index (χ1v) is 14.8. The number of aromatic nitrogens is 2. The molecule has 3 fully saturated rings. The Bertz CT molecular complexity index is 1010. The Morgan fingerprint density at radius 1 is 1.00 bits per heavy atom. The van der Waals surface area contributed by atoms with Gasteiger partial charge in [-0.1, -0.05) is 55.3 Å². The Hall–Kier alpha value is -1.45. The molecule has 10 heteroatoms. The van der Waals surface area contributed by atoms with Crippen LogP contribution in [0.25, 0.3) is 0 Å². The van der Waals surface area contributed by atoms with Crippen molar-refractivity contribution < 1.29 is 14.3 Å². The van der Waals surface area contributed by atoms with Crippen molar-refractivity contribution in [1.29, 1.82) is 0 Å². The normalized spacial score (nSPS) is 26.3. The number of hydrogen-bond acceptors (Lipinski definition) is 6. The van der Waals surface area contributed by atoms with Gasteiger partial charge in [0.1, 0.15) is 10.8 Å². The fourth-order valence-electron chi connectivity index (χ4n) is 5.52. The predicted octanol–water partition coefficient (Wildman–Crippen LogP) is 7.28. The Balaban J connectivity index is 1.14. The quantitative estimate of drug-likeness (QED) is 0.405. The lowest BCUT2D eigenvalue weighted by Crippen LogP contribution is -2.40. The van der Waals surface area contributed by atoms with Gasteiger partial charge in [-0.05, 0) is 37.5 Å². The highest BCUT2D eigenvalue weighted by atomic mass is 35.5. The van der Waals surface area contributed by atoms with Gasteiger partial charge in [0.25, 0.3) is 0 Å². The number of ether oxygens (including phenoxy) is 2. The van der Waals surface area contributed by atoms with Gasteiger partial charge in [0, 0.05) is 36.7 Å². The topological polar surface area (TPSA) is 76.6 Å². The van der Waals surface area contributed by atoms with E-state index in [1.54, 1.807) is 17.4 Å². The van der Waals surface area contributed by atoms with Crippen LogP contribution in [0.2, 0.25) is 10.2 Å². The summed E-state index contributed by atoms with van der Waals surface area (Å²) in [5, 5.41) is 6.69. The van der Waals surface area contributed by atoms with Crippen LogP contribution >= 0.6 is 34.5 Å². The molecule has 1 saturated carbocycles. The molecule has 36 heavy (non-hydrogen) atoms. The van der Waals surface area contributed by atoms with Gasteiger partial charge < -0.3 is 19.7 Å². The minimum absolute atomic E-state index is 0.179. The second-order valence-electron chi connectivity index (χ2n) is 10.2. The lowest BCUT2D eigenvalue weighted by molar-refractivity contribution is -0.136.